The van der Waals surface area contributed by atoms with Crippen molar-refractivity contribution in [3.63, 3.8) is 0 Å². The standard InChI is InChI=1S/C10H11N3O3/c1-15-8-4-2-7(3-5-8)11-9-6-16-13-10(14)12-9/h2-5H,6H2,1H3,(H2,11,12,13,14). The maximum Gasteiger partial charge on any atom is 0.366 e. The molecule has 2 rings (SSSR count). The Bertz CT molecular complexity index is 414. The first-order valence-corrected chi connectivity index (χ1v) is 4.68. The number of hydrogen-bond donors (Lipinski definition) is 2. The van der Waals surface area contributed by atoms with E-state index in [0.717, 1.165) is 11.4 Å². The van der Waals surface area contributed by atoms with Gasteiger partial charge in [-0.3, -0.25) is 4.84 Å². The highest BCUT2D eigenvalue weighted by molar-refractivity contribution is 6.03. The number of aliphatic imine (C=N–C) groups is 1. The summed E-state index contributed by atoms with van der Waals surface area (Å²) in [5.74, 6) is 1.24. The zero-order chi connectivity index (χ0) is 11.4. The van der Waals surface area contributed by atoms with Gasteiger partial charge in [0.1, 0.15) is 18.2 Å². The van der Waals surface area contributed by atoms with E-state index in [9.17, 15) is 4.79 Å². The lowest BCUT2D eigenvalue weighted by Crippen LogP contribution is -2.34. The molecular formula is C10H11N3O3. The number of amidine groups is 1. The van der Waals surface area contributed by atoms with Gasteiger partial charge >= 0.3 is 6.03 Å². The van der Waals surface area contributed by atoms with E-state index in [2.05, 4.69) is 15.8 Å². The molecule has 1 aliphatic heterocycles. The molecule has 0 saturated heterocycles. The van der Waals surface area contributed by atoms with Gasteiger partial charge in [-0.25, -0.2) is 10.3 Å². The van der Waals surface area contributed by atoms with Crippen molar-refractivity contribution in [2.75, 3.05) is 19.0 Å². The maximum absolute atomic E-state index is 10.9. The van der Waals surface area contributed by atoms with E-state index in [-0.39, 0.29) is 6.61 Å². The van der Waals surface area contributed by atoms with E-state index < -0.39 is 6.03 Å². The van der Waals surface area contributed by atoms with Crippen molar-refractivity contribution in [2.45, 2.75) is 0 Å². The van der Waals surface area contributed by atoms with E-state index in [1.54, 1.807) is 7.11 Å². The lowest BCUT2D eigenvalue weighted by molar-refractivity contribution is 0.0861. The molecule has 1 aliphatic rings. The van der Waals surface area contributed by atoms with Gasteiger partial charge in [0.2, 0.25) is 0 Å². The topological polar surface area (TPSA) is 72.0 Å². The average Bonchev–Trinajstić information content (AvgIpc) is 2.30. The van der Waals surface area contributed by atoms with Crippen LogP contribution in [0.3, 0.4) is 0 Å². The fourth-order valence-electron chi connectivity index (χ4n) is 1.25. The van der Waals surface area contributed by atoms with Crippen molar-refractivity contribution in [2.24, 2.45) is 4.99 Å². The van der Waals surface area contributed by atoms with E-state index in [1.807, 2.05) is 24.3 Å². The lowest BCUT2D eigenvalue weighted by atomic mass is 10.3. The van der Waals surface area contributed by atoms with Crippen LogP contribution in [0, 0.1) is 0 Å². The van der Waals surface area contributed by atoms with Gasteiger partial charge in [-0.15, -0.1) is 0 Å². The molecule has 0 aromatic heterocycles. The molecule has 0 radical (unpaired) electrons. The molecule has 6 nitrogen and oxygen atoms in total. The SMILES string of the molecule is COc1ccc(NC2=NC(=O)NOC2)cc1. The number of carbonyl (C=O) groups excluding carboxylic acids is 1. The van der Waals surface area contributed by atoms with E-state index in [0.29, 0.717) is 5.84 Å². The third kappa shape index (κ3) is 2.48. The Balaban J connectivity index is 2.05. The summed E-state index contributed by atoms with van der Waals surface area (Å²) < 4.78 is 5.03. The number of hydrogen-bond acceptors (Lipinski definition) is 4. The number of methoxy groups -OCH3 is 1. The minimum Gasteiger partial charge on any atom is -0.497 e. The molecule has 0 atom stereocenters. The van der Waals surface area contributed by atoms with Crippen LogP contribution in [-0.4, -0.2) is 25.6 Å². The summed E-state index contributed by atoms with van der Waals surface area (Å²) in [7, 11) is 1.60. The van der Waals surface area contributed by atoms with Crippen LogP contribution in [-0.2, 0) is 4.84 Å². The minimum absolute atomic E-state index is 0.220. The van der Waals surface area contributed by atoms with E-state index in [1.165, 1.54) is 0 Å². The first kappa shape index (κ1) is 10.4. The van der Waals surface area contributed by atoms with Crippen molar-refractivity contribution in [3.05, 3.63) is 24.3 Å². The Hall–Kier alpha value is -2.08. The number of ether oxygens (including phenoxy) is 1. The van der Waals surface area contributed by atoms with E-state index >= 15 is 0 Å². The van der Waals surface area contributed by atoms with Crippen LogP contribution in [0.5, 0.6) is 5.75 Å². The normalized spacial score (nSPS) is 15.1. The molecule has 1 heterocycles. The zero-order valence-corrected chi connectivity index (χ0v) is 8.69. The van der Waals surface area contributed by atoms with E-state index in [4.69, 9.17) is 9.57 Å². The third-order valence-corrected chi connectivity index (χ3v) is 1.98. The van der Waals surface area contributed by atoms with Gasteiger partial charge in [0.25, 0.3) is 0 Å². The number of nitrogens with zero attached hydrogens (tertiary/aromatic N) is 1. The largest absolute Gasteiger partial charge is 0.497 e. The molecule has 0 bridgehead atoms. The molecule has 16 heavy (non-hydrogen) atoms. The summed E-state index contributed by atoms with van der Waals surface area (Å²) >= 11 is 0. The highest BCUT2D eigenvalue weighted by atomic mass is 16.7. The van der Waals surface area contributed by atoms with Crippen molar-refractivity contribution in [1.29, 1.82) is 0 Å². The Morgan fingerprint density at radius 3 is 2.81 bits per heavy atom. The lowest BCUT2D eigenvalue weighted by Gasteiger charge is -2.14. The van der Waals surface area contributed by atoms with Crippen molar-refractivity contribution in [1.82, 2.24) is 5.48 Å². The zero-order valence-electron chi connectivity index (χ0n) is 8.69. The van der Waals surface area contributed by atoms with Crippen LogP contribution in [0.1, 0.15) is 0 Å². The van der Waals surface area contributed by atoms with Crippen LogP contribution in [0.25, 0.3) is 0 Å². The highest BCUT2D eigenvalue weighted by Gasteiger charge is 2.10. The summed E-state index contributed by atoms with van der Waals surface area (Å²) in [5.41, 5.74) is 2.95. The smallest absolute Gasteiger partial charge is 0.366 e. The average molecular weight is 221 g/mol. The number of amides is 2. The first-order valence-electron chi connectivity index (χ1n) is 4.68. The predicted octanol–water partition coefficient (Wildman–Crippen LogP) is 1.16. The quantitative estimate of drug-likeness (QED) is 0.786. The second-order valence-corrected chi connectivity index (χ2v) is 3.11. The van der Waals surface area contributed by atoms with Gasteiger partial charge in [0.15, 0.2) is 0 Å². The molecular weight excluding hydrogens is 210 g/mol. The second kappa shape index (κ2) is 4.63. The van der Waals surface area contributed by atoms with Gasteiger partial charge in [0.05, 0.1) is 7.11 Å². The van der Waals surface area contributed by atoms with Crippen LogP contribution >= 0.6 is 0 Å². The monoisotopic (exact) mass is 221 g/mol. The van der Waals surface area contributed by atoms with Crippen LogP contribution in [0.2, 0.25) is 0 Å². The molecule has 0 spiro atoms. The van der Waals surface area contributed by atoms with Crippen LogP contribution in [0.4, 0.5) is 10.5 Å². The predicted molar refractivity (Wildman–Crippen MR) is 58.5 cm³/mol. The molecule has 6 heteroatoms. The summed E-state index contributed by atoms with van der Waals surface area (Å²) in [6.45, 7) is 0.220. The fraction of sp³-hybridized carbons (Fsp3) is 0.200. The number of benzene rings is 1. The van der Waals surface area contributed by atoms with Gasteiger partial charge in [0, 0.05) is 5.69 Å². The summed E-state index contributed by atoms with van der Waals surface area (Å²) in [6.07, 6.45) is 0. The number of hydroxylamine groups is 1. The molecule has 0 unspecified atom stereocenters. The Morgan fingerprint density at radius 2 is 2.19 bits per heavy atom. The Kier molecular flexibility index (Phi) is 3.02. The van der Waals surface area contributed by atoms with Gasteiger partial charge < -0.3 is 10.1 Å². The first-order chi connectivity index (χ1) is 7.78. The van der Waals surface area contributed by atoms with Gasteiger partial charge in [-0.05, 0) is 24.3 Å². The molecule has 1 aromatic carbocycles. The Labute approximate surface area is 92.2 Å². The van der Waals surface area contributed by atoms with Crippen LogP contribution in [0.15, 0.2) is 29.3 Å². The second-order valence-electron chi connectivity index (χ2n) is 3.11. The van der Waals surface area contributed by atoms with Crippen molar-refractivity contribution < 1.29 is 14.4 Å². The molecule has 0 saturated carbocycles. The summed E-state index contributed by atoms with van der Waals surface area (Å²) in [5, 5.41) is 2.97. The molecule has 84 valence electrons. The Morgan fingerprint density at radius 1 is 1.44 bits per heavy atom. The number of urea groups is 1. The highest BCUT2D eigenvalue weighted by Crippen LogP contribution is 2.15. The molecule has 2 amide bonds. The maximum atomic E-state index is 10.9. The number of rotatable bonds is 2. The van der Waals surface area contributed by atoms with Crippen molar-refractivity contribution in [3.8, 4) is 5.75 Å². The fourth-order valence-corrected chi connectivity index (χ4v) is 1.25. The molecule has 0 aliphatic carbocycles. The summed E-state index contributed by atoms with van der Waals surface area (Å²) in [4.78, 5) is 19.4. The van der Waals surface area contributed by atoms with Crippen LogP contribution < -0.4 is 15.5 Å². The molecule has 2 N–H and O–H groups in total. The number of anilines is 1. The number of carbonyl (C=O) groups is 1. The van der Waals surface area contributed by atoms with Gasteiger partial charge in [-0.2, -0.15) is 4.99 Å². The van der Waals surface area contributed by atoms with Crippen molar-refractivity contribution >= 4 is 17.6 Å². The number of nitrogens with one attached hydrogen (secondary N) is 2. The summed E-state index contributed by atoms with van der Waals surface area (Å²) in [6, 6.07) is 6.77. The third-order valence-electron chi connectivity index (χ3n) is 1.98. The molecule has 1 aromatic rings. The molecule has 0 fully saturated rings. The minimum atomic E-state index is -0.512. The van der Waals surface area contributed by atoms with Gasteiger partial charge in [-0.1, -0.05) is 0 Å².